The van der Waals surface area contributed by atoms with Crippen LogP contribution in [-0.4, -0.2) is 29.0 Å². The van der Waals surface area contributed by atoms with Gasteiger partial charge >= 0.3 is 0 Å². The summed E-state index contributed by atoms with van der Waals surface area (Å²) in [5.41, 5.74) is 1.73. The number of anilines is 2. The Morgan fingerprint density at radius 3 is 2.60 bits per heavy atom. The molecule has 3 heterocycles. The van der Waals surface area contributed by atoms with E-state index in [0.717, 1.165) is 24.6 Å². The number of carbonyl (C=O) groups is 1. The number of carbonyl (C=O) groups excluding carboxylic acids is 1. The molecule has 1 aliphatic rings. The van der Waals surface area contributed by atoms with Crippen molar-refractivity contribution in [3.63, 3.8) is 0 Å². The van der Waals surface area contributed by atoms with Crippen LogP contribution in [0.2, 0.25) is 0 Å². The second-order valence-electron chi connectivity index (χ2n) is 4.91. The number of aryl methyl sites for hydroxylation is 1. The summed E-state index contributed by atoms with van der Waals surface area (Å²) in [5.74, 6) is 0.632. The van der Waals surface area contributed by atoms with Gasteiger partial charge < -0.3 is 10.2 Å². The van der Waals surface area contributed by atoms with Crippen LogP contribution < -0.4 is 10.2 Å². The van der Waals surface area contributed by atoms with Gasteiger partial charge in [-0.2, -0.15) is 0 Å². The maximum atomic E-state index is 12.0. The topological polar surface area (TPSA) is 58.1 Å². The van der Waals surface area contributed by atoms with Gasteiger partial charge in [0.2, 0.25) is 5.95 Å². The molecule has 3 rings (SSSR count). The van der Waals surface area contributed by atoms with Gasteiger partial charge in [0, 0.05) is 13.1 Å². The van der Waals surface area contributed by atoms with Crippen LogP contribution in [-0.2, 0) is 0 Å². The summed E-state index contributed by atoms with van der Waals surface area (Å²) in [6, 6.07) is 1.87. The minimum absolute atomic E-state index is 0.111. The molecule has 0 spiro atoms. The molecule has 6 heteroatoms. The van der Waals surface area contributed by atoms with E-state index < -0.39 is 0 Å². The van der Waals surface area contributed by atoms with Crippen LogP contribution in [0.25, 0.3) is 0 Å². The van der Waals surface area contributed by atoms with Gasteiger partial charge in [-0.1, -0.05) is 0 Å². The molecular formula is C14H16N4OS. The predicted molar refractivity (Wildman–Crippen MR) is 80.5 cm³/mol. The number of rotatable bonds is 3. The lowest BCUT2D eigenvalue weighted by atomic mass is 10.3. The zero-order chi connectivity index (χ0) is 13.9. The van der Waals surface area contributed by atoms with Crippen molar-refractivity contribution in [2.75, 3.05) is 23.3 Å². The van der Waals surface area contributed by atoms with Crippen molar-refractivity contribution < 1.29 is 4.79 Å². The molecule has 2 aromatic rings. The van der Waals surface area contributed by atoms with Crippen LogP contribution in [0.1, 0.15) is 28.1 Å². The Labute approximate surface area is 121 Å². The lowest BCUT2D eigenvalue weighted by Gasteiger charge is -2.14. The summed E-state index contributed by atoms with van der Waals surface area (Å²) in [6.45, 7) is 4.00. The summed E-state index contributed by atoms with van der Waals surface area (Å²) < 4.78 is 0. The molecule has 1 N–H and O–H groups in total. The number of hydrogen-bond donors (Lipinski definition) is 1. The van der Waals surface area contributed by atoms with Gasteiger partial charge in [0.05, 0.1) is 23.0 Å². The van der Waals surface area contributed by atoms with Gasteiger partial charge in [-0.25, -0.2) is 9.97 Å². The largest absolute Gasteiger partial charge is 0.341 e. The zero-order valence-corrected chi connectivity index (χ0v) is 12.1. The second kappa shape index (κ2) is 5.58. The highest BCUT2D eigenvalue weighted by molar-refractivity contribution is 7.12. The van der Waals surface area contributed by atoms with E-state index >= 15 is 0 Å². The maximum Gasteiger partial charge on any atom is 0.265 e. The van der Waals surface area contributed by atoms with E-state index in [4.69, 9.17) is 0 Å². The Balaban J connectivity index is 1.67. The van der Waals surface area contributed by atoms with E-state index in [9.17, 15) is 4.79 Å². The van der Waals surface area contributed by atoms with Gasteiger partial charge in [-0.3, -0.25) is 4.79 Å². The van der Waals surface area contributed by atoms with Crippen molar-refractivity contribution in [3.8, 4) is 0 Å². The number of amides is 1. The molecule has 1 fully saturated rings. The normalized spacial score (nSPS) is 14.6. The second-order valence-corrected chi connectivity index (χ2v) is 5.82. The number of nitrogens with one attached hydrogen (secondary N) is 1. The minimum Gasteiger partial charge on any atom is -0.341 e. The highest BCUT2D eigenvalue weighted by Crippen LogP contribution is 2.18. The first kappa shape index (κ1) is 13.1. The van der Waals surface area contributed by atoms with Crippen molar-refractivity contribution in [2.24, 2.45) is 0 Å². The summed E-state index contributed by atoms with van der Waals surface area (Å²) in [6.07, 6.45) is 5.72. The maximum absolute atomic E-state index is 12.0. The Morgan fingerprint density at radius 2 is 2.00 bits per heavy atom. The lowest BCUT2D eigenvalue weighted by Crippen LogP contribution is -2.20. The van der Waals surface area contributed by atoms with Crippen LogP contribution in [0.15, 0.2) is 23.8 Å². The van der Waals surface area contributed by atoms with Gasteiger partial charge in [0.25, 0.3) is 5.91 Å². The molecule has 0 atom stereocenters. The lowest BCUT2D eigenvalue weighted by molar-refractivity contribution is 0.103. The average Bonchev–Trinajstić information content (AvgIpc) is 3.10. The van der Waals surface area contributed by atoms with E-state index in [-0.39, 0.29) is 5.91 Å². The molecule has 1 amide bonds. The summed E-state index contributed by atoms with van der Waals surface area (Å²) in [5, 5.41) is 4.78. The number of nitrogens with zero attached hydrogens (tertiary/aromatic N) is 3. The molecule has 1 aliphatic heterocycles. The van der Waals surface area contributed by atoms with Crippen LogP contribution in [0, 0.1) is 6.92 Å². The Bertz CT molecular complexity index is 602. The van der Waals surface area contributed by atoms with Gasteiger partial charge in [0.15, 0.2) is 0 Å². The minimum atomic E-state index is -0.111. The average molecular weight is 288 g/mol. The Morgan fingerprint density at radius 1 is 1.30 bits per heavy atom. The molecule has 2 aromatic heterocycles. The smallest absolute Gasteiger partial charge is 0.265 e. The molecule has 0 aromatic carbocycles. The molecule has 0 radical (unpaired) electrons. The van der Waals surface area contributed by atoms with Crippen molar-refractivity contribution >= 4 is 28.9 Å². The standard InChI is InChI=1S/C14H16N4OS/c1-10-6-12(20-9-10)13(19)17-11-7-15-14(16-8-11)18-4-2-3-5-18/h6-9H,2-5H2,1H3,(H,17,19). The number of aromatic nitrogens is 2. The van der Waals surface area contributed by atoms with E-state index in [2.05, 4.69) is 20.2 Å². The van der Waals surface area contributed by atoms with Crippen LogP contribution in [0.3, 0.4) is 0 Å². The van der Waals surface area contributed by atoms with E-state index in [1.54, 1.807) is 12.4 Å². The van der Waals surface area contributed by atoms with Crippen molar-refractivity contribution in [1.82, 2.24) is 9.97 Å². The van der Waals surface area contributed by atoms with Crippen LogP contribution in [0.5, 0.6) is 0 Å². The SMILES string of the molecule is Cc1csc(C(=O)Nc2cnc(N3CCCC3)nc2)c1. The quantitative estimate of drug-likeness (QED) is 0.943. The summed E-state index contributed by atoms with van der Waals surface area (Å²) in [4.78, 5) is 23.5. The molecular weight excluding hydrogens is 272 g/mol. The molecule has 0 saturated carbocycles. The van der Waals surface area contributed by atoms with Crippen LogP contribution in [0.4, 0.5) is 11.6 Å². The van der Waals surface area contributed by atoms with Crippen molar-refractivity contribution in [2.45, 2.75) is 19.8 Å². The predicted octanol–water partition coefficient (Wildman–Crippen LogP) is 2.70. The van der Waals surface area contributed by atoms with E-state index in [1.165, 1.54) is 24.2 Å². The monoisotopic (exact) mass is 288 g/mol. The first-order chi connectivity index (χ1) is 9.72. The fraction of sp³-hybridized carbons (Fsp3) is 0.357. The van der Waals surface area contributed by atoms with Crippen LogP contribution >= 0.6 is 11.3 Å². The van der Waals surface area contributed by atoms with E-state index in [1.807, 2.05) is 18.4 Å². The fourth-order valence-electron chi connectivity index (χ4n) is 2.21. The van der Waals surface area contributed by atoms with Gasteiger partial charge in [-0.05, 0) is 36.8 Å². The third-order valence-electron chi connectivity index (χ3n) is 3.24. The number of thiophene rings is 1. The molecule has 0 unspecified atom stereocenters. The molecule has 0 aliphatic carbocycles. The Hall–Kier alpha value is -1.95. The molecule has 104 valence electrons. The van der Waals surface area contributed by atoms with Gasteiger partial charge in [0.1, 0.15) is 0 Å². The highest BCUT2D eigenvalue weighted by Gasteiger charge is 2.15. The zero-order valence-electron chi connectivity index (χ0n) is 11.3. The molecule has 0 bridgehead atoms. The van der Waals surface area contributed by atoms with Crippen molar-refractivity contribution in [1.29, 1.82) is 0 Å². The van der Waals surface area contributed by atoms with E-state index in [0.29, 0.717) is 10.6 Å². The molecule has 20 heavy (non-hydrogen) atoms. The molecule has 1 saturated heterocycles. The summed E-state index contributed by atoms with van der Waals surface area (Å²) >= 11 is 1.44. The fourth-order valence-corrected chi connectivity index (χ4v) is 3.00. The number of hydrogen-bond acceptors (Lipinski definition) is 5. The van der Waals surface area contributed by atoms with Crippen molar-refractivity contribution in [3.05, 3.63) is 34.3 Å². The highest BCUT2D eigenvalue weighted by atomic mass is 32.1. The third kappa shape index (κ3) is 2.80. The molecule has 5 nitrogen and oxygen atoms in total. The first-order valence-corrected chi connectivity index (χ1v) is 7.54. The van der Waals surface area contributed by atoms with Gasteiger partial charge in [-0.15, -0.1) is 11.3 Å². The Kier molecular flexibility index (Phi) is 3.64. The summed E-state index contributed by atoms with van der Waals surface area (Å²) in [7, 11) is 0. The third-order valence-corrected chi connectivity index (χ3v) is 4.29. The first-order valence-electron chi connectivity index (χ1n) is 6.66.